The van der Waals surface area contributed by atoms with E-state index in [1.807, 2.05) is 0 Å². The van der Waals surface area contributed by atoms with Gasteiger partial charge in [0.25, 0.3) is 0 Å². The lowest BCUT2D eigenvalue weighted by Crippen LogP contribution is -2.07. The van der Waals surface area contributed by atoms with E-state index in [2.05, 4.69) is 10.4 Å². The predicted molar refractivity (Wildman–Crippen MR) is 61.7 cm³/mol. The normalized spacial score (nSPS) is 16.0. The number of hydrogen-bond donors (Lipinski definition) is 4. The minimum atomic E-state index is -4.60. The Morgan fingerprint density at radius 2 is 1.06 bits per heavy atom. The van der Waals surface area contributed by atoms with Crippen molar-refractivity contribution < 1.29 is 28.7 Å². The number of nitroso groups, excluding NO2 is 2. The first-order valence-corrected chi connectivity index (χ1v) is 8.24. The van der Waals surface area contributed by atoms with Crippen LogP contribution in [0.15, 0.2) is 10.4 Å². The Bertz CT molecular complexity index is 340. The second kappa shape index (κ2) is 7.18. The molecule has 0 aliphatic carbocycles. The van der Waals surface area contributed by atoms with Crippen molar-refractivity contribution >= 4 is 15.2 Å². The zero-order valence-electron chi connectivity index (χ0n) is 9.19. The van der Waals surface area contributed by atoms with Crippen LogP contribution < -0.4 is 0 Å². The molecule has 0 amide bonds. The summed E-state index contributed by atoms with van der Waals surface area (Å²) in [5.41, 5.74) is 0. The fraction of sp³-hybridized carbons (Fsp3) is 1.00. The van der Waals surface area contributed by atoms with Crippen molar-refractivity contribution in [3.05, 3.63) is 9.81 Å². The van der Waals surface area contributed by atoms with Gasteiger partial charge in [-0.05, 0) is 12.8 Å². The molecule has 2 unspecified atom stereocenters. The van der Waals surface area contributed by atoms with Crippen molar-refractivity contribution in [3.63, 3.8) is 0 Å². The monoisotopic (exact) mass is 304 g/mol. The Hall–Kier alpha value is -0.500. The fourth-order valence-corrected chi connectivity index (χ4v) is 2.50. The topological polar surface area (TPSA) is 174 Å². The first-order valence-electron chi connectivity index (χ1n) is 4.88. The molecule has 0 aromatic carbocycles. The Morgan fingerprint density at radius 3 is 1.22 bits per heavy atom. The van der Waals surface area contributed by atoms with Gasteiger partial charge in [-0.3, -0.25) is 9.13 Å². The molecule has 0 rings (SSSR count). The van der Waals surface area contributed by atoms with Gasteiger partial charge in [-0.25, -0.2) is 0 Å². The molecular formula is C6H14N2O8P2. The quantitative estimate of drug-likeness (QED) is 0.278. The van der Waals surface area contributed by atoms with E-state index in [1.165, 1.54) is 0 Å². The summed E-state index contributed by atoms with van der Waals surface area (Å²) in [5, 5.41) is 4.59. The molecule has 0 fully saturated rings. The Kier molecular flexibility index (Phi) is 6.98. The fourth-order valence-electron chi connectivity index (χ4n) is 1.22. The molecule has 0 aliphatic heterocycles. The average Bonchev–Trinajstić information content (AvgIpc) is 2.19. The summed E-state index contributed by atoms with van der Waals surface area (Å²) in [6, 6.07) is 0. The van der Waals surface area contributed by atoms with E-state index >= 15 is 0 Å². The SMILES string of the molecule is O=NC(CCCCC(N=O)P(=O)(O)O)P(=O)(O)O. The maximum atomic E-state index is 10.7. The minimum Gasteiger partial charge on any atom is -0.323 e. The van der Waals surface area contributed by atoms with E-state index in [9.17, 15) is 18.9 Å². The zero-order valence-corrected chi connectivity index (χ0v) is 11.0. The molecule has 10 nitrogen and oxygen atoms in total. The van der Waals surface area contributed by atoms with Crippen LogP contribution >= 0.6 is 15.2 Å². The Balaban J connectivity index is 4.14. The lowest BCUT2D eigenvalue weighted by Gasteiger charge is -2.12. The summed E-state index contributed by atoms with van der Waals surface area (Å²) >= 11 is 0. The maximum Gasteiger partial charge on any atom is 0.353 e. The molecular weight excluding hydrogens is 290 g/mol. The molecule has 2 atom stereocenters. The molecule has 0 saturated heterocycles. The van der Waals surface area contributed by atoms with Gasteiger partial charge in [0.15, 0.2) is 11.6 Å². The lowest BCUT2D eigenvalue weighted by molar-refractivity contribution is 0.346. The third-order valence-corrected chi connectivity index (χ3v) is 4.45. The molecule has 0 aromatic rings. The summed E-state index contributed by atoms with van der Waals surface area (Å²) < 4.78 is 21.4. The minimum absolute atomic E-state index is 0.0908. The summed E-state index contributed by atoms with van der Waals surface area (Å²) in [6.07, 6.45) is -0.262. The van der Waals surface area contributed by atoms with E-state index in [0.29, 0.717) is 0 Å². The van der Waals surface area contributed by atoms with E-state index in [1.54, 1.807) is 0 Å². The third kappa shape index (κ3) is 6.44. The van der Waals surface area contributed by atoms with Crippen molar-refractivity contribution in [2.75, 3.05) is 0 Å². The van der Waals surface area contributed by atoms with Crippen LogP contribution in [0.25, 0.3) is 0 Å². The zero-order chi connectivity index (χ0) is 14.4. The van der Waals surface area contributed by atoms with E-state index in [4.69, 9.17) is 19.6 Å². The van der Waals surface area contributed by atoms with Crippen LogP contribution in [-0.2, 0) is 9.13 Å². The van der Waals surface area contributed by atoms with Crippen LogP contribution in [-0.4, -0.2) is 31.1 Å². The highest BCUT2D eigenvalue weighted by atomic mass is 31.2. The smallest absolute Gasteiger partial charge is 0.323 e. The number of rotatable bonds is 9. The summed E-state index contributed by atoms with van der Waals surface area (Å²) in [5.74, 6) is -3.34. The third-order valence-electron chi connectivity index (χ3n) is 2.19. The highest BCUT2D eigenvalue weighted by Gasteiger charge is 2.31. The lowest BCUT2D eigenvalue weighted by atomic mass is 10.2. The number of unbranched alkanes of at least 4 members (excludes halogenated alkanes) is 1. The van der Waals surface area contributed by atoms with Crippen molar-refractivity contribution in [1.82, 2.24) is 0 Å². The first kappa shape index (κ1) is 17.5. The van der Waals surface area contributed by atoms with Gasteiger partial charge < -0.3 is 19.6 Å². The Morgan fingerprint density at radius 1 is 0.778 bits per heavy atom. The van der Waals surface area contributed by atoms with Crippen LogP contribution in [0.3, 0.4) is 0 Å². The molecule has 106 valence electrons. The van der Waals surface area contributed by atoms with Gasteiger partial charge in [0.1, 0.15) is 0 Å². The van der Waals surface area contributed by atoms with Gasteiger partial charge in [-0.1, -0.05) is 23.2 Å². The van der Waals surface area contributed by atoms with Gasteiger partial charge in [0.05, 0.1) is 0 Å². The van der Waals surface area contributed by atoms with Crippen molar-refractivity contribution in [2.24, 2.45) is 10.4 Å². The van der Waals surface area contributed by atoms with E-state index in [0.717, 1.165) is 0 Å². The summed E-state index contributed by atoms with van der Waals surface area (Å²) in [6.45, 7) is 0. The summed E-state index contributed by atoms with van der Waals surface area (Å²) in [4.78, 5) is 55.1. The molecule has 0 aliphatic rings. The molecule has 0 saturated carbocycles. The molecule has 0 radical (unpaired) electrons. The van der Waals surface area contributed by atoms with Crippen LogP contribution in [0.2, 0.25) is 0 Å². The molecule has 0 heterocycles. The van der Waals surface area contributed by atoms with Gasteiger partial charge in [0, 0.05) is 0 Å². The molecule has 18 heavy (non-hydrogen) atoms. The molecule has 0 bridgehead atoms. The average molecular weight is 304 g/mol. The first-order chi connectivity index (χ1) is 8.12. The van der Waals surface area contributed by atoms with Gasteiger partial charge in [0.2, 0.25) is 0 Å². The predicted octanol–water partition coefficient (Wildman–Crippen LogP) is 1.09. The maximum absolute atomic E-state index is 10.7. The highest BCUT2D eigenvalue weighted by Crippen LogP contribution is 2.46. The largest absolute Gasteiger partial charge is 0.353 e. The van der Waals surface area contributed by atoms with Gasteiger partial charge in [-0.15, -0.1) is 9.81 Å². The molecule has 12 heteroatoms. The molecule has 4 N–H and O–H groups in total. The standard InChI is InChI=1S/C6H14N2O8P2/c9-7-5(17(11,12)13)3-1-2-4-6(8-10)18(14,15)16/h5-6H,1-4H2,(H2,11,12,13)(H2,14,15,16). The summed E-state index contributed by atoms with van der Waals surface area (Å²) in [7, 11) is -9.19. The van der Waals surface area contributed by atoms with Crippen molar-refractivity contribution in [3.8, 4) is 0 Å². The van der Waals surface area contributed by atoms with Crippen molar-refractivity contribution in [2.45, 2.75) is 37.2 Å². The van der Waals surface area contributed by atoms with Crippen molar-refractivity contribution in [1.29, 1.82) is 0 Å². The van der Waals surface area contributed by atoms with Gasteiger partial charge in [-0.2, -0.15) is 0 Å². The second-order valence-electron chi connectivity index (χ2n) is 3.63. The molecule has 0 spiro atoms. The Labute approximate surface area is 102 Å². The second-order valence-corrected chi connectivity index (χ2v) is 7.18. The van der Waals surface area contributed by atoms with Crippen LogP contribution in [0, 0.1) is 9.81 Å². The van der Waals surface area contributed by atoms with Gasteiger partial charge >= 0.3 is 15.2 Å². The van der Waals surface area contributed by atoms with E-state index < -0.39 is 26.8 Å². The number of nitrogens with zero attached hydrogens (tertiary/aromatic N) is 2. The van der Waals surface area contributed by atoms with E-state index in [-0.39, 0.29) is 25.7 Å². The highest BCUT2D eigenvalue weighted by molar-refractivity contribution is 7.52. The molecule has 0 aromatic heterocycles. The van der Waals surface area contributed by atoms with Crippen LogP contribution in [0.5, 0.6) is 0 Å². The van der Waals surface area contributed by atoms with Crippen LogP contribution in [0.4, 0.5) is 0 Å². The number of hydrogen-bond acceptors (Lipinski definition) is 6. The van der Waals surface area contributed by atoms with Crippen LogP contribution in [0.1, 0.15) is 25.7 Å².